The van der Waals surface area contributed by atoms with Gasteiger partial charge in [-0.15, -0.1) is 21.6 Å². The van der Waals surface area contributed by atoms with E-state index < -0.39 is 0 Å². The van der Waals surface area contributed by atoms with E-state index in [2.05, 4.69) is 25.2 Å². The van der Waals surface area contributed by atoms with E-state index in [4.69, 9.17) is 0 Å². The quantitative estimate of drug-likeness (QED) is 0.376. The molecule has 0 bridgehead atoms. The minimum absolute atomic E-state index is 0. The van der Waals surface area contributed by atoms with Crippen LogP contribution in [0, 0.1) is 0 Å². The first-order valence-electron chi connectivity index (χ1n) is 0.676. The second-order valence-corrected chi connectivity index (χ2v) is 2.41. The summed E-state index contributed by atoms with van der Waals surface area (Å²) in [6.45, 7) is 0. The van der Waals surface area contributed by atoms with Gasteiger partial charge < -0.3 is 0 Å². The van der Waals surface area contributed by atoms with Gasteiger partial charge in [0, 0.05) is 5.07 Å². The number of rotatable bonds is 0. The predicted molar refractivity (Wildman–Crippen MR) is 30.8 cm³/mol. The first kappa shape index (κ1) is 8.96. The molecule has 1 atom stereocenters. The highest BCUT2D eigenvalue weighted by Crippen LogP contribution is 1.84. The predicted octanol–water partition coefficient (Wildman–Crippen LogP) is 1.64. The number of halogens is 2. The standard InChI is InChI=1S/CH4BrP.ClH/c2-1-3;/h1,3H2;1H. The lowest BCUT2D eigenvalue weighted by molar-refractivity contribution is 2.38. The molecule has 0 amide bonds. The molecule has 0 saturated carbocycles. The van der Waals surface area contributed by atoms with Crippen molar-refractivity contribution < 1.29 is 0 Å². The molecular formula is CH5BrClP. The SMILES string of the molecule is Cl.PCBr. The van der Waals surface area contributed by atoms with Gasteiger partial charge in [0.25, 0.3) is 0 Å². The van der Waals surface area contributed by atoms with Gasteiger partial charge in [-0.2, -0.15) is 0 Å². The van der Waals surface area contributed by atoms with Gasteiger partial charge in [0.15, 0.2) is 0 Å². The zero-order valence-electron chi connectivity index (χ0n) is 2.07. The van der Waals surface area contributed by atoms with Crippen molar-refractivity contribution in [1.82, 2.24) is 0 Å². The van der Waals surface area contributed by atoms with Gasteiger partial charge in [-0.1, -0.05) is 15.9 Å². The molecule has 0 aromatic rings. The minimum Gasteiger partial charge on any atom is -0.147 e. The maximum Gasteiger partial charge on any atom is 0.0177 e. The summed E-state index contributed by atoms with van der Waals surface area (Å²) in [6.07, 6.45) is 0. The fourth-order valence-corrected chi connectivity index (χ4v) is 0. The lowest BCUT2D eigenvalue weighted by Gasteiger charge is -1.46. The highest BCUT2D eigenvalue weighted by molar-refractivity contribution is 9.10. The second kappa shape index (κ2) is 8.89. The van der Waals surface area contributed by atoms with Crippen LogP contribution >= 0.6 is 37.6 Å². The van der Waals surface area contributed by atoms with Crippen LogP contribution in [0.1, 0.15) is 0 Å². The van der Waals surface area contributed by atoms with Crippen molar-refractivity contribution in [1.29, 1.82) is 0 Å². The van der Waals surface area contributed by atoms with Crippen molar-refractivity contribution in [2.75, 3.05) is 5.07 Å². The zero-order chi connectivity index (χ0) is 2.71. The monoisotopic (exact) mass is 162 g/mol. The number of alkyl halides is 1. The maximum absolute atomic E-state index is 3.11. The van der Waals surface area contributed by atoms with Gasteiger partial charge in [0.05, 0.1) is 0 Å². The van der Waals surface area contributed by atoms with Crippen LogP contribution in [0.15, 0.2) is 0 Å². The Morgan fingerprint density at radius 3 is 1.75 bits per heavy atom. The summed E-state index contributed by atoms with van der Waals surface area (Å²) in [7, 11) is 2.50. The Balaban J connectivity index is 0. The van der Waals surface area contributed by atoms with Gasteiger partial charge in [-0.25, -0.2) is 0 Å². The highest BCUT2D eigenvalue weighted by Gasteiger charge is 1.37. The molecule has 0 aromatic carbocycles. The van der Waals surface area contributed by atoms with Crippen molar-refractivity contribution in [2.24, 2.45) is 0 Å². The van der Waals surface area contributed by atoms with Crippen molar-refractivity contribution in [3.8, 4) is 0 Å². The van der Waals surface area contributed by atoms with Crippen molar-refractivity contribution in [3.05, 3.63) is 0 Å². The molecule has 0 spiro atoms. The summed E-state index contributed by atoms with van der Waals surface area (Å²) in [4.78, 5) is 0. The molecule has 0 aromatic heterocycles. The highest BCUT2D eigenvalue weighted by atomic mass is 79.9. The average Bonchev–Trinajstić information content (AvgIpc) is 0.918. The Morgan fingerprint density at radius 1 is 1.75 bits per heavy atom. The van der Waals surface area contributed by atoms with Crippen molar-refractivity contribution in [3.63, 3.8) is 0 Å². The molecule has 0 radical (unpaired) electrons. The molecule has 0 saturated heterocycles. The Hall–Kier alpha value is 1.20. The number of hydrogen-bond donors (Lipinski definition) is 0. The van der Waals surface area contributed by atoms with Gasteiger partial charge in [0.2, 0.25) is 0 Å². The molecule has 28 valence electrons. The van der Waals surface area contributed by atoms with Crippen LogP contribution < -0.4 is 0 Å². The van der Waals surface area contributed by atoms with E-state index in [9.17, 15) is 0 Å². The van der Waals surface area contributed by atoms with Crippen molar-refractivity contribution >= 4 is 37.6 Å². The van der Waals surface area contributed by atoms with Crippen LogP contribution in [0.2, 0.25) is 0 Å². The van der Waals surface area contributed by atoms with Gasteiger partial charge in [-0.3, -0.25) is 0 Å². The molecule has 0 aliphatic heterocycles. The average molecular weight is 163 g/mol. The van der Waals surface area contributed by atoms with Gasteiger partial charge >= 0.3 is 0 Å². The fraction of sp³-hybridized carbons (Fsp3) is 1.00. The van der Waals surface area contributed by atoms with E-state index >= 15 is 0 Å². The molecule has 4 heavy (non-hydrogen) atoms. The van der Waals surface area contributed by atoms with E-state index in [0.717, 1.165) is 5.07 Å². The number of hydrogen-bond acceptors (Lipinski definition) is 0. The Bertz CT molecular complexity index is 8.00. The molecule has 3 heteroatoms. The Morgan fingerprint density at radius 2 is 1.75 bits per heavy atom. The fourth-order valence-electron chi connectivity index (χ4n) is 0. The van der Waals surface area contributed by atoms with Crippen LogP contribution in [0.25, 0.3) is 0 Å². The minimum atomic E-state index is 0. The van der Waals surface area contributed by atoms with E-state index in [1.54, 1.807) is 0 Å². The molecule has 0 fully saturated rings. The van der Waals surface area contributed by atoms with Crippen LogP contribution in [0.4, 0.5) is 0 Å². The maximum atomic E-state index is 3.11. The molecule has 0 aliphatic carbocycles. The normalized spacial score (nSPS) is 4.50. The third kappa shape index (κ3) is 10.8. The lowest BCUT2D eigenvalue weighted by atomic mass is 11.9. The first-order chi connectivity index (χ1) is 1.41. The van der Waals surface area contributed by atoms with E-state index in [0.29, 0.717) is 0 Å². The van der Waals surface area contributed by atoms with Crippen LogP contribution in [-0.4, -0.2) is 5.07 Å². The summed E-state index contributed by atoms with van der Waals surface area (Å²) >= 11 is 3.11. The molecule has 0 N–H and O–H groups in total. The summed E-state index contributed by atoms with van der Waals surface area (Å²) in [5.74, 6) is 0. The van der Waals surface area contributed by atoms with E-state index in [1.807, 2.05) is 0 Å². The van der Waals surface area contributed by atoms with Crippen molar-refractivity contribution in [2.45, 2.75) is 0 Å². The van der Waals surface area contributed by atoms with Gasteiger partial charge in [-0.05, 0) is 0 Å². The summed E-state index contributed by atoms with van der Waals surface area (Å²) in [6, 6.07) is 0. The smallest absolute Gasteiger partial charge is 0.0177 e. The topological polar surface area (TPSA) is 0 Å². The molecule has 0 aliphatic rings. The molecule has 0 rings (SSSR count). The summed E-state index contributed by atoms with van der Waals surface area (Å²) in [5, 5.41) is 0.979. The molecule has 0 nitrogen and oxygen atoms in total. The summed E-state index contributed by atoms with van der Waals surface area (Å²) in [5.41, 5.74) is 0. The molecular weight excluding hydrogens is 158 g/mol. The first-order valence-corrected chi connectivity index (χ1v) is 2.61. The third-order valence-corrected chi connectivity index (χ3v) is 0. The van der Waals surface area contributed by atoms with Crippen LogP contribution in [0.5, 0.6) is 0 Å². The van der Waals surface area contributed by atoms with E-state index in [-0.39, 0.29) is 12.4 Å². The zero-order valence-corrected chi connectivity index (χ0v) is 5.63. The van der Waals surface area contributed by atoms with Crippen LogP contribution in [0.3, 0.4) is 0 Å². The van der Waals surface area contributed by atoms with Gasteiger partial charge in [0.1, 0.15) is 0 Å². The lowest BCUT2D eigenvalue weighted by Crippen LogP contribution is -1.18. The second-order valence-electron chi connectivity index (χ2n) is 0.154. The largest absolute Gasteiger partial charge is 0.147 e. The Labute approximate surface area is 43.1 Å². The molecule has 1 unspecified atom stereocenters. The van der Waals surface area contributed by atoms with E-state index in [1.165, 1.54) is 0 Å². The van der Waals surface area contributed by atoms with Crippen LogP contribution in [-0.2, 0) is 0 Å². The molecule has 0 heterocycles. The third-order valence-electron chi connectivity index (χ3n) is 0. The Kier molecular flexibility index (Phi) is 19.9. The summed E-state index contributed by atoms with van der Waals surface area (Å²) < 4.78 is 0.